The number of hydrogen-bond donors (Lipinski definition) is 1. The van der Waals surface area contributed by atoms with Gasteiger partial charge >= 0.3 is 6.18 Å². The number of carbonyl (C=O) groups excluding carboxylic acids is 1. The summed E-state index contributed by atoms with van der Waals surface area (Å²) < 4.78 is 41.1. The van der Waals surface area contributed by atoms with Crippen molar-refractivity contribution < 1.29 is 22.7 Å². The molecular weight excluding hydrogens is 397 g/mol. The highest BCUT2D eigenvalue weighted by Crippen LogP contribution is 2.25. The fourth-order valence-electron chi connectivity index (χ4n) is 2.79. The maximum Gasteiger partial charge on any atom is 0.422 e. The molecular formula is C18H18ClF3N4O2. The average molecular weight is 415 g/mol. The number of aromatic nitrogens is 2. The number of anilines is 2. The summed E-state index contributed by atoms with van der Waals surface area (Å²) in [4.78, 5) is 22.5. The maximum absolute atomic E-state index is 12.3. The van der Waals surface area contributed by atoms with Crippen molar-refractivity contribution in [2.75, 3.05) is 29.9 Å². The van der Waals surface area contributed by atoms with E-state index in [1.165, 1.54) is 12.5 Å². The van der Waals surface area contributed by atoms with Crippen LogP contribution < -0.4 is 15.0 Å². The van der Waals surface area contributed by atoms with Crippen molar-refractivity contribution in [3.05, 3.63) is 41.2 Å². The molecule has 1 N–H and O–H groups in total. The Kier molecular flexibility index (Phi) is 6.23. The number of pyridine rings is 2. The molecule has 3 rings (SSSR count). The Morgan fingerprint density at radius 1 is 1.18 bits per heavy atom. The zero-order valence-corrected chi connectivity index (χ0v) is 15.6. The third-order valence-electron chi connectivity index (χ3n) is 4.15. The van der Waals surface area contributed by atoms with Crippen molar-refractivity contribution in [2.45, 2.75) is 25.4 Å². The topological polar surface area (TPSA) is 67.4 Å². The third-order valence-corrected chi connectivity index (χ3v) is 4.42. The molecule has 0 spiro atoms. The number of halogens is 4. The van der Waals surface area contributed by atoms with Crippen LogP contribution in [-0.2, 0) is 0 Å². The lowest BCUT2D eigenvalue weighted by Crippen LogP contribution is -2.29. The molecule has 6 nitrogen and oxygen atoms in total. The number of hydrogen-bond acceptors (Lipinski definition) is 5. The molecule has 1 saturated heterocycles. The summed E-state index contributed by atoms with van der Waals surface area (Å²) in [6.45, 7) is 0.458. The average Bonchev–Trinajstić information content (AvgIpc) is 2.67. The second-order valence-electron chi connectivity index (χ2n) is 6.32. The summed E-state index contributed by atoms with van der Waals surface area (Å²) in [6, 6.07) is 4.77. The van der Waals surface area contributed by atoms with Gasteiger partial charge in [-0.05, 0) is 37.5 Å². The molecule has 0 saturated carbocycles. The van der Waals surface area contributed by atoms with E-state index in [1.54, 1.807) is 12.3 Å². The van der Waals surface area contributed by atoms with Gasteiger partial charge in [0.2, 0.25) is 5.88 Å². The lowest BCUT2D eigenvalue weighted by molar-refractivity contribution is -0.154. The first-order chi connectivity index (χ1) is 13.3. The summed E-state index contributed by atoms with van der Waals surface area (Å²) in [5, 5.41) is 2.41. The highest BCUT2D eigenvalue weighted by Gasteiger charge is 2.29. The maximum atomic E-state index is 12.3. The molecule has 0 atom stereocenters. The Morgan fingerprint density at radius 3 is 2.54 bits per heavy atom. The minimum Gasteiger partial charge on any atom is -0.467 e. The first-order valence-corrected chi connectivity index (χ1v) is 9.07. The monoisotopic (exact) mass is 414 g/mol. The van der Waals surface area contributed by atoms with Gasteiger partial charge in [-0.3, -0.25) is 4.79 Å². The quantitative estimate of drug-likeness (QED) is 0.789. The van der Waals surface area contributed by atoms with E-state index in [9.17, 15) is 18.0 Å². The zero-order chi connectivity index (χ0) is 20.1. The van der Waals surface area contributed by atoms with Gasteiger partial charge in [0, 0.05) is 19.3 Å². The van der Waals surface area contributed by atoms with Crippen LogP contribution in [0.15, 0.2) is 30.6 Å². The molecule has 3 heterocycles. The van der Waals surface area contributed by atoms with Gasteiger partial charge in [0.15, 0.2) is 6.61 Å². The number of amides is 1. The first kappa shape index (κ1) is 20.2. The van der Waals surface area contributed by atoms with Crippen molar-refractivity contribution in [3.63, 3.8) is 0 Å². The van der Waals surface area contributed by atoms with Gasteiger partial charge < -0.3 is 15.0 Å². The van der Waals surface area contributed by atoms with Crippen LogP contribution in [0.5, 0.6) is 5.88 Å². The molecule has 2 aromatic rings. The van der Waals surface area contributed by atoms with Gasteiger partial charge in [-0.15, -0.1) is 0 Å². The van der Waals surface area contributed by atoms with Gasteiger partial charge in [0.25, 0.3) is 5.91 Å². The molecule has 150 valence electrons. The van der Waals surface area contributed by atoms with Crippen LogP contribution in [-0.4, -0.2) is 41.7 Å². The second kappa shape index (κ2) is 8.64. The Bertz CT molecular complexity index is 825. The number of carbonyl (C=O) groups is 1. The summed E-state index contributed by atoms with van der Waals surface area (Å²) >= 11 is 5.86. The van der Waals surface area contributed by atoms with E-state index in [2.05, 4.69) is 24.9 Å². The van der Waals surface area contributed by atoms with Crippen molar-refractivity contribution in [1.29, 1.82) is 0 Å². The molecule has 0 unspecified atom stereocenters. The van der Waals surface area contributed by atoms with Crippen LogP contribution in [0.4, 0.5) is 24.7 Å². The zero-order valence-electron chi connectivity index (χ0n) is 14.8. The van der Waals surface area contributed by atoms with Crippen LogP contribution in [0.2, 0.25) is 5.02 Å². The predicted molar refractivity (Wildman–Crippen MR) is 99.1 cm³/mol. The van der Waals surface area contributed by atoms with Crippen molar-refractivity contribution in [3.8, 4) is 5.88 Å². The molecule has 1 fully saturated rings. The van der Waals surface area contributed by atoms with Gasteiger partial charge in [0.1, 0.15) is 10.8 Å². The van der Waals surface area contributed by atoms with Crippen molar-refractivity contribution >= 4 is 29.0 Å². The van der Waals surface area contributed by atoms with Gasteiger partial charge in [0.05, 0.1) is 17.4 Å². The second-order valence-corrected chi connectivity index (χ2v) is 6.73. The van der Waals surface area contributed by atoms with Gasteiger partial charge in [-0.2, -0.15) is 13.2 Å². The molecule has 0 radical (unpaired) electrons. The fourth-order valence-corrected chi connectivity index (χ4v) is 3.01. The van der Waals surface area contributed by atoms with Crippen LogP contribution in [0.25, 0.3) is 0 Å². The van der Waals surface area contributed by atoms with E-state index in [-0.39, 0.29) is 16.5 Å². The lowest BCUT2D eigenvalue weighted by Gasteiger charge is -2.28. The normalized spacial score (nSPS) is 14.6. The summed E-state index contributed by atoms with van der Waals surface area (Å²) in [6.07, 6.45) is 1.81. The van der Waals surface area contributed by atoms with Crippen LogP contribution in [0.1, 0.15) is 29.6 Å². The minimum absolute atomic E-state index is 0.0752. The van der Waals surface area contributed by atoms with Crippen LogP contribution >= 0.6 is 11.6 Å². The van der Waals surface area contributed by atoms with E-state index in [0.29, 0.717) is 5.82 Å². The summed E-state index contributed by atoms with van der Waals surface area (Å²) in [5.41, 5.74) is 1.07. The molecule has 28 heavy (non-hydrogen) atoms. The third kappa shape index (κ3) is 5.48. The number of ether oxygens (including phenoxy) is 1. The van der Waals surface area contributed by atoms with Crippen molar-refractivity contribution in [1.82, 2.24) is 9.97 Å². The van der Waals surface area contributed by atoms with Crippen molar-refractivity contribution in [2.24, 2.45) is 0 Å². The predicted octanol–water partition coefficient (Wildman–Crippen LogP) is 4.31. The molecule has 1 aliphatic rings. The van der Waals surface area contributed by atoms with Gasteiger partial charge in [-0.1, -0.05) is 11.6 Å². The number of nitrogens with zero attached hydrogens (tertiary/aromatic N) is 3. The van der Waals surface area contributed by atoms with E-state index < -0.39 is 18.7 Å². The Labute approximate surface area is 164 Å². The van der Waals surface area contributed by atoms with Crippen LogP contribution in [0, 0.1) is 0 Å². The first-order valence-electron chi connectivity index (χ1n) is 8.69. The van der Waals surface area contributed by atoms with E-state index in [0.717, 1.165) is 37.8 Å². The molecule has 1 aliphatic heterocycles. The highest BCUT2D eigenvalue weighted by molar-refractivity contribution is 6.32. The summed E-state index contributed by atoms with van der Waals surface area (Å²) in [5.74, 6) is -0.575. The van der Waals surface area contributed by atoms with E-state index >= 15 is 0 Å². The van der Waals surface area contributed by atoms with E-state index in [4.69, 9.17) is 11.6 Å². The summed E-state index contributed by atoms with van der Waals surface area (Å²) in [7, 11) is 0. The standard InChI is InChI=1S/C18H18ClF3N4O2/c19-14-8-12(9-24-17(14)28-11-18(20,21)22)16(27)25-15-5-4-13(10-23-15)26-6-2-1-3-7-26/h4-5,8-10H,1-3,6-7,11H2,(H,23,25,27). The largest absolute Gasteiger partial charge is 0.467 e. The van der Waals surface area contributed by atoms with Crippen LogP contribution in [0.3, 0.4) is 0 Å². The van der Waals surface area contributed by atoms with Gasteiger partial charge in [-0.25, -0.2) is 9.97 Å². The Balaban J connectivity index is 1.61. The smallest absolute Gasteiger partial charge is 0.422 e. The number of nitrogens with one attached hydrogen (secondary N) is 1. The Morgan fingerprint density at radius 2 is 1.93 bits per heavy atom. The molecule has 10 heteroatoms. The molecule has 0 bridgehead atoms. The molecule has 0 aromatic carbocycles. The number of piperidine rings is 1. The highest BCUT2D eigenvalue weighted by atomic mass is 35.5. The molecule has 0 aliphatic carbocycles. The molecule has 2 aromatic heterocycles. The SMILES string of the molecule is O=C(Nc1ccc(N2CCCCC2)cn1)c1cnc(OCC(F)(F)F)c(Cl)c1. The minimum atomic E-state index is -4.51. The number of rotatable bonds is 5. The molecule has 1 amide bonds. The number of alkyl halides is 3. The fraction of sp³-hybridized carbons (Fsp3) is 0.389. The lowest BCUT2D eigenvalue weighted by atomic mass is 10.1. The van der Waals surface area contributed by atoms with E-state index in [1.807, 2.05) is 6.07 Å². The Hall–Kier alpha value is -2.55.